The number of rotatable bonds is 2. The number of aromatic nitrogens is 2. The molecular formula is C10H15N3OS. The summed E-state index contributed by atoms with van der Waals surface area (Å²) in [6, 6.07) is 1.91. The van der Waals surface area contributed by atoms with Crippen LogP contribution in [-0.2, 0) is 10.3 Å². The van der Waals surface area contributed by atoms with Crippen LogP contribution in [0.1, 0.15) is 18.5 Å². The van der Waals surface area contributed by atoms with E-state index in [9.17, 15) is 0 Å². The van der Waals surface area contributed by atoms with Crippen molar-refractivity contribution in [3.63, 3.8) is 0 Å². The fourth-order valence-electron chi connectivity index (χ4n) is 1.71. The van der Waals surface area contributed by atoms with Gasteiger partial charge in [-0.3, -0.25) is 0 Å². The van der Waals surface area contributed by atoms with Crippen LogP contribution in [0.3, 0.4) is 0 Å². The zero-order valence-corrected chi connectivity index (χ0v) is 9.59. The maximum atomic E-state index is 6.32. The van der Waals surface area contributed by atoms with Gasteiger partial charge in [0.15, 0.2) is 5.16 Å². The quantitative estimate of drug-likeness (QED) is 0.604. The maximum absolute atomic E-state index is 6.32. The van der Waals surface area contributed by atoms with Crippen LogP contribution in [0, 0.1) is 0 Å². The molecule has 0 atom stereocenters. The van der Waals surface area contributed by atoms with Gasteiger partial charge in [-0.15, -0.1) is 0 Å². The topological polar surface area (TPSA) is 61.0 Å². The van der Waals surface area contributed by atoms with Crippen LogP contribution >= 0.6 is 11.8 Å². The zero-order chi connectivity index (χ0) is 10.7. The van der Waals surface area contributed by atoms with Crippen molar-refractivity contribution >= 4 is 11.8 Å². The molecule has 2 heterocycles. The van der Waals surface area contributed by atoms with E-state index < -0.39 is 0 Å². The van der Waals surface area contributed by atoms with Crippen molar-refractivity contribution in [1.82, 2.24) is 9.97 Å². The van der Waals surface area contributed by atoms with Gasteiger partial charge in [-0.2, -0.15) is 0 Å². The SMILES string of the molecule is CSc1nccc(C2(N)CCOCC2)n1. The second-order valence-corrected chi connectivity index (χ2v) is 4.47. The highest BCUT2D eigenvalue weighted by molar-refractivity contribution is 7.98. The van der Waals surface area contributed by atoms with E-state index in [0.29, 0.717) is 0 Å². The Kier molecular flexibility index (Phi) is 3.23. The Labute approximate surface area is 93.6 Å². The Morgan fingerprint density at radius 2 is 2.20 bits per heavy atom. The first-order valence-electron chi connectivity index (χ1n) is 4.99. The molecule has 1 aromatic rings. The molecule has 15 heavy (non-hydrogen) atoms. The molecular weight excluding hydrogens is 210 g/mol. The normalized spacial score (nSPS) is 20.1. The first-order valence-corrected chi connectivity index (χ1v) is 6.21. The molecule has 0 spiro atoms. The third kappa shape index (κ3) is 2.30. The van der Waals surface area contributed by atoms with E-state index in [1.807, 2.05) is 12.3 Å². The Morgan fingerprint density at radius 3 is 2.87 bits per heavy atom. The molecule has 2 N–H and O–H groups in total. The molecule has 1 aliphatic rings. The van der Waals surface area contributed by atoms with Crippen LogP contribution in [0.2, 0.25) is 0 Å². The molecule has 0 unspecified atom stereocenters. The summed E-state index contributed by atoms with van der Waals surface area (Å²) < 4.78 is 5.31. The van der Waals surface area contributed by atoms with Gasteiger partial charge >= 0.3 is 0 Å². The Balaban J connectivity index is 2.26. The Morgan fingerprint density at radius 1 is 1.47 bits per heavy atom. The molecule has 1 saturated heterocycles. The standard InChI is InChI=1S/C10H15N3OS/c1-15-9-12-5-2-8(13-9)10(11)3-6-14-7-4-10/h2,5H,3-4,6-7,11H2,1H3. The average Bonchev–Trinajstić information content (AvgIpc) is 2.30. The smallest absolute Gasteiger partial charge is 0.187 e. The lowest BCUT2D eigenvalue weighted by atomic mass is 9.88. The van der Waals surface area contributed by atoms with E-state index in [2.05, 4.69) is 9.97 Å². The van der Waals surface area contributed by atoms with Gasteiger partial charge in [0.05, 0.1) is 11.2 Å². The van der Waals surface area contributed by atoms with E-state index in [1.165, 1.54) is 11.8 Å². The Hall–Kier alpha value is -0.650. The summed E-state index contributed by atoms with van der Waals surface area (Å²) in [6.45, 7) is 1.43. The van der Waals surface area contributed by atoms with Crippen molar-refractivity contribution < 1.29 is 4.74 Å². The number of thioether (sulfide) groups is 1. The second-order valence-electron chi connectivity index (χ2n) is 3.70. The molecule has 0 radical (unpaired) electrons. The van der Waals surface area contributed by atoms with Gasteiger partial charge in [0, 0.05) is 19.4 Å². The molecule has 0 aromatic carbocycles. The minimum absolute atomic E-state index is 0.328. The van der Waals surface area contributed by atoms with Gasteiger partial charge in [-0.25, -0.2) is 9.97 Å². The van der Waals surface area contributed by atoms with Crippen LogP contribution in [0.15, 0.2) is 17.4 Å². The number of ether oxygens (including phenoxy) is 1. The Bertz CT molecular complexity index is 339. The minimum atomic E-state index is -0.328. The molecule has 1 aliphatic heterocycles. The van der Waals surface area contributed by atoms with Crippen LogP contribution in [0.4, 0.5) is 0 Å². The van der Waals surface area contributed by atoms with Gasteiger partial charge in [-0.05, 0) is 25.2 Å². The number of nitrogens with two attached hydrogens (primary N) is 1. The van der Waals surface area contributed by atoms with Gasteiger partial charge in [0.1, 0.15) is 0 Å². The van der Waals surface area contributed by atoms with Crippen molar-refractivity contribution in [2.24, 2.45) is 5.73 Å². The van der Waals surface area contributed by atoms with Gasteiger partial charge < -0.3 is 10.5 Å². The van der Waals surface area contributed by atoms with E-state index in [0.717, 1.165) is 36.9 Å². The molecule has 0 bridgehead atoms. The van der Waals surface area contributed by atoms with Crippen LogP contribution in [0.25, 0.3) is 0 Å². The summed E-state index contributed by atoms with van der Waals surface area (Å²) in [5, 5.41) is 0.781. The first-order chi connectivity index (χ1) is 7.24. The lowest BCUT2D eigenvalue weighted by Crippen LogP contribution is -2.43. The summed E-state index contributed by atoms with van der Waals surface area (Å²) in [5.41, 5.74) is 6.93. The van der Waals surface area contributed by atoms with Gasteiger partial charge in [-0.1, -0.05) is 11.8 Å². The van der Waals surface area contributed by atoms with E-state index >= 15 is 0 Å². The third-order valence-corrected chi connectivity index (χ3v) is 3.27. The highest BCUT2D eigenvalue weighted by Gasteiger charge is 2.31. The number of hydrogen-bond donors (Lipinski definition) is 1. The molecule has 4 nitrogen and oxygen atoms in total. The third-order valence-electron chi connectivity index (χ3n) is 2.71. The highest BCUT2D eigenvalue weighted by Crippen LogP contribution is 2.28. The fourth-order valence-corrected chi connectivity index (χ4v) is 2.06. The van der Waals surface area contributed by atoms with Crippen molar-refractivity contribution in [3.8, 4) is 0 Å². The predicted molar refractivity (Wildman–Crippen MR) is 59.7 cm³/mol. The fraction of sp³-hybridized carbons (Fsp3) is 0.600. The molecule has 82 valence electrons. The lowest BCUT2D eigenvalue weighted by Gasteiger charge is -2.32. The van der Waals surface area contributed by atoms with Crippen molar-refractivity contribution in [2.75, 3.05) is 19.5 Å². The van der Waals surface area contributed by atoms with Crippen LogP contribution < -0.4 is 5.73 Å². The zero-order valence-electron chi connectivity index (χ0n) is 8.77. The largest absolute Gasteiger partial charge is 0.381 e. The molecule has 2 rings (SSSR count). The minimum Gasteiger partial charge on any atom is -0.381 e. The predicted octanol–water partition coefficient (Wildman–Crippen LogP) is 1.16. The lowest BCUT2D eigenvalue weighted by molar-refractivity contribution is 0.0505. The number of hydrogen-bond acceptors (Lipinski definition) is 5. The average molecular weight is 225 g/mol. The van der Waals surface area contributed by atoms with Crippen molar-refractivity contribution in [1.29, 1.82) is 0 Å². The highest BCUT2D eigenvalue weighted by atomic mass is 32.2. The summed E-state index contributed by atoms with van der Waals surface area (Å²) >= 11 is 1.54. The van der Waals surface area contributed by atoms with Crippen LogP contribution in [0.5, 0.6) is 0 Å². The van der Waals surface area contributed by atoms with E-state index in [-0.39, 0.29) is 5.54 Å². The molecule has 0 saturated carbocycles. The van der Waals surface area contributed by atoms with E-state index in [4.69, 9.17) is 10.5 Å². The molecule has 0 amide bonds. The summed E-state index contributed by atoms with van der Waals surface area (Å²) in [6.07, 6.45) is 5.40. The van der Waals surface area contributed by atoms with Crippen molar-refractivity contribution in [3.05, 3.63) is 18.0 Å². The summed E-state index contributed by atoms with van der Waals surface area (Å²) in [7, 11) is 0. The monoisotopic (exact) mass is 225 g/mol. The van der Waals surface area contributed by atoms with Gasteiger partial charge in [0.25, 0.3) is 0 Å². The number of nitrogens with zero attached hydrogens (tertiary/aromatic N) is 2. The van der Waals surface area contributed by atoms with Gasteiger partial charge in [0.2, 0.25) is 0 Å². The maximum Gasteiger partial charge on any atom is 0.187 e. The molecule has 0 aliphatic carbocycles. The molecule has 5 heteroatoms. The summed E-state index contributed by atoms with van der Waals surface area (Å²) in [4.78, 5) is 8.61. The van der Waals surface area contributed by atoms with E-state index in [1.54, 1.807) is 6.20 Å². The first kappa shape index (κ1) is 10.9. The van der Waals surface area contributed by atoms with Crippen molar-refractivity contribution in [2.45, 2.75) is 23.5 Å². The molecule has 1 aromatic heterocycles. The van der Waals surface area contributed by atoms with Crippen LogP contribution in [-0.4, -0.2) is 29.4 Å². The second kappa shape index (κ2) is 4.47. The summed E-state index contributed by atoms with van der Waals surface area (Å²) in [5.74, 6) is 0. The molecule has 1 fully saturated rings.